The minimum absolute atomic E-state index is 0.151. The molecule has 0 aliphatic carbocycles. The van der Waals surface area contributed by atoms with Crippen LogP contribution in [0.1, 0.15) is 32.3 Å². The zero-order chi connectivity index (χ0) is 11.8. The van der Waals surface area contributed by atoms with Crippen molar-refractivity contribution in [1.29, 1.82) is 0 Å². The Balaban J connectivity index is 2.20. The highest BCUT2D eigenvalue weighted by atomic mass is 35.5. The van der Waals surface area contributed by atoms with Gasteiger partial charge in [0.15, 0.2) is 6.29 Å². The van der Waals surface area contributed by atoms with Crippen LogP contribution in [0.3, 0.4) is 0 Å². The van der Waals surface area contributed by atoms with Crippen LogP contribution in [-0.4, -0.2) is 12.9 Å². The molecule has 0 aliphatic heterocycles. The molecule has 0 unspecified atom stereocenters. The van der Waals surface area contributed by atoms with Crippen molar-refractivity contribution in [3.05, 3.63) is 34.9 Å². The van der Waals surface area contributed by atoms with Crippen molar-refractivity contribution in [3.8, 4) is 0 Å². The van der Waals surface area contributed by atoms with E-state index in [2.05, 4.69) is 6.92 Å². The van der Waals surface area contributed by atoms with Gasteiger partial charge in [0.25, 0.3) is 0 Å². The van der Waals surface area contributed by atoms with E-state index in [0.29, 0.717) is 6.61 Å². The van der Waals surface area contributed by atoms with Crippen LogP contribution in [0.4, 0.5) is 0 Å². The Bertz CT molecular complexity index is 284. The molecule has 90 valence electrons. The maximum atomic E-state index is 5.79. The van der Waals surface area contributed by atoms with Gasteiger partial charge in [-0.3, -0.25) is 0 Å². The Morgan fingerprint density at radius 2 is 1.88 bits per heavy atom. The Morgan fingerprint density at radius 3 is 2.50 bits per heavy atom. The van der Waals surface area contributed by atoms with E-state index in [1.54, 1.807) is 0 Å². The second-order valence-corrected chi connectivity index (χ2v) is 4.17. The van der Waals surface area contributed by atoms with Crippen molar-refractivity contribution < 1.29 is 9.47 Å². The summed E-state index contributed by atoms with van der Waals surface area (Å²) in [7, 11) is 0. The van der Waals surface area contributed by atoms with Gasteiger partial charge in [0.05, 0.1) is 6.61 Å². The summed E-state index contributed by atoms with van der Waals surface area (Å²) in [4.78, 5) is 0. The van der Waals surface area contributed by atoms with Crippen molar-refractivity contribution in [2.45, 2.75) is 39.6 Å². The molecule has 0 spiro atoms. The first kappa shape index (κ1) is 13.5. The van der Waals surface area contributed by atoms with Crippen molar-refractivity contribution >= 4 is 11.6 Å². The SMILES string of the molecule is CCCCO[C@@H](C)OCc1ccc(Cl)cc1. The maximum absolute atomic E-state index is 5.79. The first-order valence-electron chi connectivity index (χ1n) is 5.70. The molecule has 16 heavy (non-hydrogen) atoms. The smallest absolute Gasteiger partial charge is 0.155 e. The molecule has 3 heteroatoms. The van der Waals surface area contributed by atoms with E-state index in [4.69, 9.17) is 21.1 Å². The fourth-order valence-corrected chi connectivity index (χ4v) is 1.36. The monoisotopic (exact) mass is 242 g/mol. The van der Waals surface area contributed by atoms with Gasteiger partial charge in [-0.1, -0.05) is 37.1 Å². The predicted molar refractivity (Wildman–Crippen MR) is 66.6 cm³/mol. The van der Waals surface area contributed by atoms with Crippen molar-refractivity contribution in [2.75, 3.05) is 6.61 Å². The van der Waals surface area contributed by atoms with Gasteiger partial charge in [-0.15, -0.1) is 0 Å². The Kier molecular flexibility index (Phi) is 6.46. The number of hydrogen-bond acceptors (Lipinski definition) is 2. The highest BCUT2D eigenvalue weighted by Crippen LogP contribution is 2.11. The lowest BCUT2D eigenvalue weighted by molar-refractivity contribution is -0.138. The standard InChI is InChI=1S/C13H19ClO2/c1-3-4-9-15-11(2)16-10-12-5-7-13(14)8-6-12/h5-8,11H,3-4,9-10H2,1-2H3/t11-/m1/s1. The molecule has 1 aromatic rings. The molecule has 0 bridgehead atoms. The van der Waals surface area contributed by atoms with Gasteiger partial charge < -0.3 is 9.47 Å². The van der Waals surface area contributed by atoms with Crippen LogP contribution >= 0.6 is 11.6 Å². The molecule has 1 atom stereocenters. The van der Waals surface area contributed by atoms with Crippen molar-refractivity contribution in [3.63, 3.8) is 0 Å². The van der Waals surface area contributed by atoms with E-state index >= 15 is 0 Å². The number of rotatable bonds is 7. The highest BCUT2D eigenvalue weighted by Gasteiger charge is 2.02. The third kappa shape index (κ3) is 5.50. The molecule has 0 N–H and O–H groups in total. The molecular formula is C13H19ClO2. The summed E-state index contributed by atoms with van der Waals surface area (Å²) in [6, 6.07) is 7.65. The van der Waals surface area contributed by atoms with Gasteiger partial charge in [-0.2, -0.15) is 0 Å². The fraction of sp³-hybridized carbons (Fsp3) is 0.538. The van der Waals surface area contributed by atoms with Gasteiger partial charge in [-0.05, 0) is 31.0 Å². The van der Waals surface area contributed by atoms with Gasteiger partial charge in [0.1, 0.15) is 0 Å². The minimum Gasteiger partial charge on any atom is -0.353 e. The molecule has 2 nitrogen and oxygen atoms in total. The summed E-state index contributed by atoms with van der Waals surface area (Å²) in [6.07, 6.45) is 2.07. The highest BCUT2D eigenvalue weighted by molar-refractivity contribution is 6.30. The fourth-order valence-electron chi connectivity index (χ4n) is 1.24. The van der Waals surface area contributed by atoms with E-state index in [1.165, 1.54) is 0 Å². The average molecular weight is 243 g/mol. The third-order valence-electron chi connectivity index (χ3n) is 2.25. The van der Waals surface area contributed by atoms with Crippen LogP contribution in [0.2, 0.25) is 5.02 Å². The number of benzene rings is 1. The zero-order valence-electron chi connectivity index (χ0n) is 9.91. The van der Waals surface area contributed by atoms with Crippen LogP contribution in [0.15, 0.2) is 24.3 Å². The number of unbranched alkanes of at least 4 members (excludes halogenated alkanes) is 1. The van der Waals surface area contributed by atoms with Crippen LogP contribution in [0.25, 0.3) is 0 Å². The lowest BCUT2D eigenvalue weighted by atomic mass is 10.2. The molecule has 0 fully saturated rings. The van der Waals surface area contributed by atoms with Crippen LogP contribution in [0, 0.1) is 0 Å². The van der Waals surface area contributed by atoms with Crippen LogP contribution in [-0.2, 0) is 16.1 Å². The Labute approximate surface area is 103 Å². The van der Waals surface area contributed by atoms with Crippen molar-refractivity contribution in [2.24, 2.45) is 0 Å². The lowest BCUT2D eigenvalue weighted by Crippen LogP contribution is -2.13. The number of hydrogen-bond donors (Lipinski definition) is 0. The van der Waals surface area contributed by atoms with Crippen molar-refractivity contribution in [1.82, 2.24) is 0 Å². The summed E-state index contributed by atoms with van der Waals surface area (Å²) in [5.41, 5.74) is 1.11. The molecule has 0 aromatic heterocycles. The summed E-state index contributed by atoms with van der Waals surface area (Å²) >= 11 is 5.79. The van der Waals surface area contributed by atoms with Crippen LogP contribution < -0.4 is 0 Å². The lowest BCUT2D eigenvalue weighted by Gasteiger charge is -2.13. The van der Waals surface area contributed by atoms with Gasteiger partial charge in [0, 0.05) is 11.6 Å². The number of ether oxygens (including phenoxy) is 2. The molecule has 0 amide bonds. The molecule has 1 rings (SSSR count). The molecular weight excluding hydrogens is 224 g/mol. The Hall–Kier alpha value is -0.570. The minimum atomic E-state index is -0.151. The molecule has 0 aliphatic rings. The Morgan fingerprint density at radius 1 is 1.19 bits per heavy atom. The molecule has 0 saturated carbocycles. The summed E-state index contributed by atoms with van der Waals surface area (Å²) < 4.78 is 11.0. The maximum Gasteiger partial charge on any atom is 0.155 e. The molecule has 0 radical (unpaired) electrons. The van der Waals surface area contributed by atoms with E-state index < -0.39 is 0 Å². The first-order chi connectivity index (χ1) is 7.72. The summed E-state index contributed by atoms with van der Waals surface area (Å²) in [5, 5.41) is 0.746. The molecule has 1 aromatic carbocycles. The average Bonchev–Trinajstić information content (AvgIpc) is 2.29. The first-order valence-corrected chi connectivity index (χ1v) is 6.08. The predicted octanol–water partition coefficient (Wildman–Crippen LogP) is 4.02. The van der Waals surface area contributed by atoms with Crippen LogP contribution in [0.5, 0.6) is 0 Å². The van der Waals surface area contributed by atoms with Gasteiger partial charge in [0.2, 0.25) is 0 Å². The largest absolute Gasteiger partial charge is 0.353 e. The number of halogens is 1. The van der Waals surface area contributed by atoms with Gasteiger partial charge in [-0.25, -0.2) is 0 Å². The molecule has 0 saturated heterocycles. The van der Waals surface area contributed by atoms with E-state index in [9.17, 15) is 0 Å². The van der Waals surface area contributed by atoms with E-state index in [1.807, 2.05) is 31.2 Å². The topological polar surface area (TPSA) is 18.5 Å². The van der Waals surface area contributed by atoms with E-state index in [-0.39, 0.29) is 6.29 Å². The zero-order valence-corrected chi connectivity index (χ0v) is 10.7. The van der Waals surface area contributed by atoms with Gasteiger partial charge >= 0.3 is 0 Å². The second kappa shape index (κ2) is 7.66. The third-order valence-corrected chi connectivity index (χ3v) is 2.50. The molecule has 0 heterocycles. The summed E-state index contributed by atoms with van der Waals surface area (Å²) in [6.45, 7) is 5.39. The van der Waals surface area contributed by atoms with E-state index in [0.717, 1.165) is 30.0 Å². The quantitative estimate of drug-likeness (QED) is 0.531. The normalized spacial score (nSPS) is 12.7. The second-order valence-electron chi connectivity index (χ2n) is 3.73. The summed E-state index contributed by atoms with van der Waals surface area (Å²) in [5.74, 6) is 0.